The topological polar surface area (TPSA) is 108 Å². The molecule has 7 nitrogen and oxygen atoms in total. The van der Waals surface area contributed by atoms with E-state index in [1.54, 1.807) is 76.4 Å². The van der Waals surface area contributed by atoms with Gasteiger partial charge in [0, 0.05) is 12.5 Å². The van der Waals surface area contributed by atoms with Crippen LogP contribution in [-0.4, -0.2) is 44.6 Å². The van der Waals surface area contributed by atoms with Gasteiger partial charge in [-0.25, -0.2) is 13.2 Å². The second kappa shape index (κ2) is 8.16. The van der Waals surface area contributed by atoms with Crippen molar-refractivity contribution in [3.8, 4) is 5.75 Å². The van der Waals surface area contributed by atoms with Crippen LogP contribution >= 0.6 is 0 Å². The number of hydrogen-bond donors (Lipinski definition) is 2. The molecule has 1 aliphatic rings. The molecule has 0 radical (unpaired) electrons. The lowest BCUT2D eigenvalue weighted by molar-refractivity contribution is 0.0497. The first kappa shape index (κ1) is 23.1. The normalized spacial score (nSPS) is 23.2. The SMILES string of the molecule is COc1ccc([C@H]2[C@@H](S(=O)(=O)c3ccc(C)cc3)[C@@]2(CN)NC(=O)OC(C)(C)C)cc1. The van der Waals surface area contributed by atoms with Gasteiger partial charge in [-0.15, -0.1) is 0 Å². The van der Waals surface area contributed by atoms with Gasteiger partial charge < -0.3 is 20.5 Å². The monoisotopic (exact) mass is 446 g/mol. The van der Waals surface area contributed by atoms with Gasteiger partial charge in [-0.05, 0) is 57.5 Å². The zero-order chi connectivity index (χ0) is 23.0. The van der Waals surface area contributed by atoms with E-state index in [2.05, 4.69) is 5.32 Å². The van der Waals surface area contributed by atoms with Crippen LogP contribution in [0.1, 0.15) is 37.8 Å². The molecule has 0 heterocycles. The predicted molar refractivity (Wildman–Crippen MR) is 119 cm³/mol. The fourth-order valence-corrected chi connectivity index (χ4v) is 6.30. The number of carbonyl (C=O) groups excluding carboxylic acids is 1. The number of hydrogen-bond acceptors (Lipinski definition) is 6. The number of benzene rings is 2. The Morgan fingerprint density at radius 2 is 1.68 bits per heavy atom. The standard InChI is InChI=1S/C23H30N2O5S/c1-15-6-12-18(13-7-15)31(27,28)20-19(16-8-10-17(29-5)11-9-16)23(20,14-24)25-21(26)30-22(2,3)4/h6-13,19-20H,14,24H2,1-5H3,(H,25,26)/t19-,20+,23-/m0/s1. The van der Waals surface area contributed by atoms with E-state index in [0.717, 1.165) is 11.1 Å². The summed E-state index contributed by atoms with van der Waals surface area (Å²) in [6.45, 7) is 7.07. The summed E-state index contributed by atoms with van der Waals surface area (Å²) >= 11 is 0. The summed E-state index contributed by atoms with van der Waals surface area (Å²) in [5.74, 6) is 0.128. The molecule has 0 unspecified atom stereocenters. The first-order valence-corrected chi connectivity index (χ1v) is 11.6. The lowest BCUT2D eigenvalue weighted by atomic mass is 10.1. The molecular weight excluding hydrogens is 416 g/mol. The predicted octanol–water partition coefficient (Wildman–Crippen LogP) is 3.17. The highest BCUT2D eigenvalue weighted by molar-refractivity contribution is 7.92. The van der Waals surface area contributed by atoms with Gasteiger partial charge in [0.25, 0.3) is 0 Å². The smallest absolute Gasteiger partial charge is 0.408 e. The number of rotatable bonds is 6. The van der Waals surface area contributed by atoms with Gasteiger partial charge in [-0.3, -0.25) is 0 Å². The van der Waals surface area contributed by atoms with Crippen LogP contribution in [-0.2, 0) is 14.6 Å². The lowest BCUT2D eigenvalue weighted by Crippen LogP contribution is -2.49. The number of methoxy groups -OCH3 is 1. The molecule has 3 atom stereocenters. The molecule has 0 spiro atoms. The molecule has 168 valence electrons. The van der Waals surface area contributed by atoms with Crippen molar-refractivity contribution >= 4 is 15.9 Å². The molecule has 1 aliphatic carbocycles. The van der Waals surface area contributed by atoms with Gasteiger partial charge in [0.1, 0.15) is 16.6 Å². The van der Waals surface area contributed by atoms with E-state index < -0.39 is 38.2 Å². The van der Waals surface area contributed by atoms with Crippen LogP contribution < -0.4 is 15.8 Å². The quantitative estimate of drug-likeness (QED) is 0.706. The highest BCUT2D eigenvalue weighted by Crippen LogP contribution is 2.57. The Labute approximate surface area is 183 Å². The summed E-state index contributed by atoms with van der Waals surface area (Å²) in [6, 6.07) is 13.8. The summed E-state index contributed by atoms with van der Waals surface area (Å²) in [7, 11) is -2.23. The molecule has 8 heteroatoms. The number of sulfone groups is 1. The molecule has 1 saturated carbocycles. The van der Waals surface area contributed by atoms with Gasteiger partial charge in [0.05, 0.1) is 17.5 Å². The zero-order valence-corrected chi connectivity index (χ0v) is 19.3. The third kappa shape index (κ3) is 4.55. The molecular formula is C23H30N2O5S. The third-order valence-electron chi connectivity index (χ3n) is 5.49. The summed E-state index contributed by atoms with van der Waals surface area (Å²) in [5.41, 5.74) is 5.90. The van der Waals surface area contributed by atoms with E-state index in [9.17, 15) is 13.2 Å². The minimum Gasteiger partial charge on any atom is -0.497 e. The fraction of sp³-hybridized carbons (Fsp3) is 0.435. The Hall–Kier alpha value is -2.58. The molecule has 0 aromatic heterocycles. The number of ether oxygens (including phenoxy) is 2. The first-order chi connectivity index (χ1) is 14.4. The number of nitrogens with two attached hydrogens (primary N) is 1. The van der Waals surface area contributed by atoms with Crippen molar-refractivity contribution < 1.29 is 22.7 Å². The Morgan fingerprint density at radius 1 is 1.10 bits per heavy atom. The Kier molecular flexibility index (Phi) is 6.08. The van der Waals surface area contributed by atoms with Gasteiger partial charge in [-0.2, -0.15) is 0 Å². The summed E-state index contributed by atoms with van der Waals surface area (Å²) in [5, 5.41) is 1.87. The van der Waals surface area contributed by atoms with Gasteiger partial charge in [0.15, 0.2) is 9.84 Å². The Morgan fingerprint density at radius 3 is 2.16 bits per heavy atom. The highest BCUT2D eigenvalue weighted by Gasteiger charge is 2.71. The summed E-state index contributed by atoms with van der Waals surface area (Å²) in [4.78, 5) is 12.8. The fourth-order valence-electron chi connectivity index (χ4n) is 3.96. The van der Waals surface area contributed by atoms with Crippen molar-refractivity contribution in [3.05, 3.63) is 59.7 Å². The summed E-state index contributed by atoms with van der Waals surface area (Å²) in [6.07, 6.45) is -0.696. The molecule has 0 saturated heterocycles. The first-order valence-electron chi connectivity index (χ1n) is 10.1. The number of nitrogens with one attached hydrogen (secondary N) is 1. The van der Waals surface area contributed by atoms with Crippen LogP contribution in [0, 0.1) is 6.92 Å². The van der Waals surface area contributed by atoms with Crippen LogP contribution in [0.4, 0.5) is 4.79 Å². The van der Waals surface area contributed by atoms with Crippen molar-refractivity contribution in [2.75, 3.05) is 13.7 Å². The molecule has 3 rings (SSSR count). The maximum atomic E-state index is 13.6. The van der Waals surface area contributed by atoms with E-state index >= 15 is 0 Å². The van der Waals surface area contributed by atoms with Crippen LogP contribution in [0.3, 0.4) is 0 Å². The van der Waals surface area contributed by atoms with Crippen molar-refractivity contribution in [3.63, 3.8) is 0 Å². The second-order valence-electron chi connectivity index (χ2n) is 8.90. The van der Waals surface area contributed by atoms with Crippen molar-refractivity contribution in [2.24, 2.45) is 5.73 Å². The maximum absolute atomic E-state index is 13.6. The van der Waals surface area contributed by atoms with Crippen LogP contribution in [0.5, 0.6) is 5.75 Å². The average Bonchev–Trinajstić information content (AvgIpc) is 3.36. The summed E-state index contributed by atoms with van der Waals surface area (Å²) < 4.78 is 37.8. The largest absolute Gasteiger partial charge is 0.497 e. The number of alkyl carbamates (subject to hydrolysis) is 1. The number of aryl methyl sites for hydroxylation is 1. The van der Waals surface area contributed by atoms with Gasteiger partial charge >= 0.3 is 6.09 Å². The van der Waals surface area contributed by atoms with E-state index in [4.69, 9.17) is 15.2 Å². The molecule has 0 bridgehead atoms. The van der Waals surface area contributed by atoms with Crippen molar-refractivity contribution in [1.29, 1.82) is 0 Å². The third-order valence-corrected chi connectivity index (χ3v) is 7.78. The molecule has 2 aromatic carbocycles. The van der Waals surface area contributed by atoms with Gasteiger partial charge in [0.2, 0.25) is 0 Å². The molecule has 1 amide bonds. The van der Waals surface area contributed by atoms with Crippen molar-refractivity contribution in [2.45, 2.75) is 54.9 Å². The molecule has 31 heavy (non-hydrogen) atoms. The van der Waals surface area contributed by atoms with E-state index in [0.29, 0.717) is 5.75 Å². The Bertz CT molecular complexity index is 1040. The Balaban J connectivity index is 2.03. The minimum atomic E-state index is -3.79. The minimum absolute atomic E-state index is 0.0568. The second-order valence-corrected chi connectivity index (χ2v) is 11.0. The van der Waals surface area contributed by atoms with E-state index in [1.807, 2.05) is 6.92 Å². The van der Waals surface area contributed by atoms with Crippen molar-refractivity contribution in [1.82, 2.24) is 5.32 Å². The van der Waals surface area contributed by atoms with E-state index in [-0.39, 0.29) is 11.4 Å². The van der Waals surface area contributed by atoms with Gasteiger partial charge in [-0.1, -0.05) is 29.8 Å². The maximum Gasteiger partial charge on any atom is 0.408 e. The lowest BCUT2D eigenvalue weighted by Gasteiger charge is -2.24. The van der Waals surface area contributed by atoms with E-state index in [1.165, 1.54) is 0 Å². The number of amides is 1. The highest BCUT2D eigenvalue weighted by atomic mass is 32.2. The molecule has 2 aromatic rings. The van der Waals surface area contributed by atoms with Crippen LogP contribution in [0.25, 0.3) is 0 Å². The average molecular weight is 447 g/mol. The molecule has 3 N–H and O–H groups in total. The molecule has 0 aliphatic heterocycles. The molecule has 1 fully saturated rings. The van der Waals surface area contributed by atoms with Crippen LogP contribution in [0.15, 0.2) is 53.4 Å². The zero-order valence-electron chi connectivity index (χ0n) is 18.5. The van der Waals surface area contributed by atoms with Crippen LogP contribution in [0.2, 0.25) is 0 Å². The number of carbonyl (C=O) groups is 1.